The summed E-state index contributed by atoms with van der Waals surface area (Å²) in [6.07, 6.45) is 5.69. The maximum atomic E-state index is 12.5. The number of nitrogens with zero attached hydrogens (tertiary/aromatic N) is 1. The van der Waals surface area contributed by atoms with E-state index in [9.17, 15) is 9.90 Å². The lowest BCUT2D eigenvalue weighted by Crippen LogP contribution is -2.51. The zero-order chi connectivity index (χ0) is 14.7. The summed E-state index contributed by atoms with van der Waals surface area (Å²) >= 11 is 0. The van der Waals surface area contributed by atoms with Crippen LogP contribution >= 0.6 is 0 Å². The first-order valence-electron chi connectivity index (χ1n) is 8.27. The van der Waals surface area contributed by atoms with Crippen molar-refractivity contribution >= 4 is 5.91 Å². The lowest BCUT2D eigenvalue weighted by molar-refractivity contribution is -0.138. The second-order valence-corrected chi connectivity index (χ2v) is 6.76. The zero-order valence-electron chi connectivity index (χ0n) is 12.9. The number of nitrogens with two attached hydrogens (primary N) is 1. The Balaban J connectivity index is 1.91. The van der Waals surface area contributed by atoms with Crippen molar-refractivity contribution in [3.8, 4) is 0 Å². The minimum Gasteiger partial charge on any atom is -0.393 e. The monoisotopic (exact) mass is 282 g/mol. The van der Waals surface area contributed by atoms with E-state index >= 15 is 0 Å². The molecular weight excluding hydrogens is 252 g/mol. The second kappa shape index (κ2) is 6.90. The number of rotatable bonds is 6. The van der Waals surface area contributed by atoms with Crippen LogP contribution < -0.4 is 5.73 Å². The average molecular weight is 282 g/mol. The van der Waals surface area contributed by atoms with Gasteiger partial charge in [-0.1, -0.05) is 13.8 Å². The van der Waals surface area contributed by atoms with Crippen LogP contribution in [0.1, 0.15) is 52.4 Å². The van der Waals surface area contributed by atoms with Gasteiger partial charge in [0.25, 0.3) is 0 Å². The van der Waals surface area contributed by atoms with Gasteiger partial charge in [-0.25, -0.2) is 0 Å². The van der Waals surface area contributed by atoms with Crippen LogP contribution in [0.4, 0.5) is 0 Å². The molecule has 1 aliphatic heterocycles. The third kappa shape index (κ3) is 3.95. The summed E-state index contributed by atoms with van der Waals surface area (Å²) in [6, 6.07) is 0.0680. The van der Waals surface area contributed by atoms with Gasteiger partial charge in [-0.05, 0) is 50.4 Å². The lowest BCUT2D eigenvalue weighted by atomic mass is 9.87. The van der Waals surface area contributed by atoms with E-state index in [2.05, 4.69) is 13.8 Å². The highest BCUT2D eigenvalue weighted by Gasteiger charge is 2.35. The van der Waals surface area contributed by atoms with Crippen molar-refractivity contribution in [2.75, 3.05) is 13.1 Å². The topological polar surface area (TPSA) is 66.6 Å². The molecule has 3 unspecified atom stereocenters. The van der Waals surface area contributed by atoms with E-state index in [0.717, 1.165) is 45.1 Å². The molecule has 0 aromatic carbocycles. The van der Waals surface area contributed by atoms with Crippen LogP contribution in [0.2, 0.25) is 0 Å². The highest BCUT2D eigenvalue weighted by Crippen LogP contribution is 2.36. The third-order valence-electron chi connectivity index (χ3n) is 4.96. The van der Waals surface area contributed by atoms with Crippen molar-refractivity contribution < 1.29 is 9.90 Å². The largest absolute Gasteiger partial charge is 0.393 e. The van der Waals surface area contributed by atoms with Gasteiger partial charge in [0.05, 0.1) is 6.10 Å². The summed E-state index contributed by atoms with van der Waals surface area (Å²) in [5.41, 5.74) is 6.13. The second-order valence-electron chi connectivity index (χ2n) is 6.76. The highest BCUT2D eigenvalue weighted by atomic mass is 16.3. The van der Waals surface area contributed by atoms with Gasteiger partial charge in [-0.2, -0.15) is 0 Å². The SMILES string of the molecule is CCC(CC)C(=O)N1CC(N)CC(CC(O)C2CC2)C1. The van der Waals surface area contributed by atoms with Crippen LogP contribution in [-0.4, -0.2) is 41.1 Å². The standard InChI is InChI=1S/C16H30N2O2/c1-3-12(4-2)16(20)18-9-11(7-14(17)10-18)8-15(19)13-5-6-13/h11-15,19H,3-10,17H2,1-2H3. The maximum absolute atomic E-state index is 12.5. The van der Waals surface area contributed by atoms with Gasteiger partial charge in [-0.3, -0.25) is 4.79 Å². The average Bonchev–Trinajstić information content (AvgIpc) is 3.23. The van der Waals surface area contributed by atoms with Crippen molar-refractivity contribution in [2.24, 2.45) is 23.5 Å². The van der Waals surface area contributed by atoms with Gasteiger partial charge >= 0.3 is 0 Å². The minimum atomic E-state index is -0.185. The number of hydrogen-bond donors (Lipinski definition) is 2. The molecule has 2 fully saturated rings. The molecule has 2 rings (SSSR count). The predicted octanol–water partition coefficient (Wildman–Crippen LogP) is 1.76. The summed E-state index contributed by atoms with van der Waals surface area (Å²) in [4.78, 5) is 14.4. The highest BCUT2D eigenvalue weighted by molar-refractivity contribution is 5.78. The van der Waals surface area contributed by atoms with Crippen molar-refractivity contribution in [2.45, 2.75) is 64.5 Å². The van der Waals surface area contributed by atoms with Gasteiger partial charge in [0.2, 0.25) is 5.91 Å². The summed E-state index contributed by atoms with van der Waals surface area (Å²) < 4.78 is 0. The Bertz CT molecular complexity index is 326. The van der Waals surface area contributed by atoms with E-state index in [0.29, 0.717) is 18.4 Å². The summed E-state index contributed by atoms with van der Waals surface area (Å²) in [5.74, 6) is 1.27. The first kappa shape index (κ1) is 15.8. The number of hydrogen-bond acceptors (Lipinski definition) is 3. The van der Waals surface area contributed by atoms with Crippen LogP contribution in [0, 0.1) is 17.8 Å². The van der Waals surface area contributed by atoms with Crippen molar-refractivity contribution in [3.63, 3.8) is 0 Å². The molecule has 0 spiro atoms. The molecule has 1 saturated carbocycles. The molecule has 0 aromatic rings. The normalized spacial score (nSPS) is 28.8. The Morgan fingerprint density at radius 1 is 1.30 bits per heavy atom. The quantitative estimate of drug-likeness (QED) is 0.780. The Morgan fingerprint density at radius 2 is 1.95 bits per heavy atom. The molecule has 116 valence electrons. The Hall–Kier alpha value is -0.610. The van der Waals surface area contributed by atoms with Crippen LogP contribution in [0.3, 0.4) is 0 Å². The number of carbonyl (C=O) groups is 1. The molecule has 0 radical (unpaired) electrons. The fourth-order valence-corrected chi connectivity index (χ4v) is 3.51. The van der Waals surface area contributed by atoms with E-state index in [1.54, 1.807) is 0 Å². The van der Waals surface area contributed by atoms with E-state index in [4.69, 9.17) is 5.73 Å². The molecule has 4 heteroatoms. The molecule has 1 heterocycles. The number of aliphatic hydroxyl groups is 1. The molecule has 1 amide bonds. The fourth-order valence-electron chi connectivity index (χ4n) is 3.51. The Kier molecular flexibility index (Phi) is 5.44. The third-order valence-corrected chi connectivity index (χ3v) is 4.96. The molecule has 0 aromatic heterocycles. The molecule has 2 aliphatic rings. The number of carbonyl (C=O) groups excluding carboxylic acids is 1. The van der Waals surface area contributed by atoms with Crippen LogP contribution in [0.15, 0.2) is 0 Å². The molecule has 1 aliphatic carbocycles. The molecule has 3 atom stereocenters. The van der Waals surface area contributed by atoms with Gasteiger partial charge in [0.15, 0.2) is 0 Å². The van der Waals surface area contributed by atoms with E-state index in [1.807, 2.05) is 4.90 Å². The molecule has 0 bridgehead atoms. The van der Waals surface area contributed by atoms with Crippen molar-refractivity contribution in [3.05, 3.63) is 0 Å². The van der Waals surface area contributed by atoms with Crippen LogP contribution in [0.5, 0.6) is 0 Å². The van der Waals surface area contributed by atoms with E-state index in [1.165, 1.54) is 0 Å². The van der Waals surface area contributed by atoms with Crippen LogP contribution in [0.25, 0.3) is 0 Å². The van der Waals surface area contributed by atoms with Gasteiger partial charge in [0.1, 0.15) is 0 Å². The maximum Gasteiger partial charge on any atom is 0.225 e. The molecular formula is C16H30N2O2. The lowest BCUT2D eigenvalue weighted by Gasteiger charge is -2.38. The first-order chi connectivity index (χ1) is 9.55. The van der Waals surface area contributed by atoms with Gasteiger partial charge in [-0.15, -0.1) is 0 Å². The number of aliphatic hydroxyl groups excluding tert-OH is 1. The first-order valence-corrected chi connectivity index (χ1v) is 8.27. The summed E-state index contributed by atoms with van der Waals surface area (Å²) in [7, 11) is 0. The molecule has 1 saturated heterocycles. The molecule has 3 N–H and O–H groups in total. The Morgan fingerprint density at radius 3 is 2.50 bits per heavy atom. The molecule has 20 heavy (non-hydrogen) atoms. The van der Waals surface area contributed by atoms with Gasteiger partial charge in [0, 0.05) is 25.0 Å². The zero-order valence-corrected chi connectivity index (χ0v) is 12.9. The van der Waals surface area contributed by atoms with Crippen molar-refractivity contribution in [1.29, 1.82) is 0 Å². The number of amides is 1. The Labute approximate surface area is 122 Å². The summed E-state index contributed by atoms with van der Waals surface area (Å²) in [5, 5.41) is 10.1. The summed E-state index contributed by atoms with van der Waals surface area (Å²) in [6.45, 7) is 5.62. The predicted molar refractivity (Wildman–Crippen MR) is 80.1 cm³/mol. The van der Waals surface area contributed by atoms with Crippen LogP contribution in [-0.2, 0) is 4.79 Å². The fraction of sp³-hybridized carbons (Fsp3) is 0.938. The van der Waals surface area contributed by atoms with Gasteiger partial charge < -0.3 is 15.7 Å². The smallest absolute Gasteiger partial charge is 0.225 e. The van der Waals surface area contributed by atoms with E-state index < -0.39 is 0 Å². The molecule has 4 nitrogen and oxygen atoms in total. The number of piperidine rings is 1. The van der Waals surface area contributed by atoms with E-state index in [-0.39, 0.29) is 24.0 Å². The minimum absolute atomic E-state index is 0.0680. The van der Waals surface area contributed by atoms with Crippen molar-refractivity contribution in [1.82, 2.24) is 4.90 Å². The number of likely N-dealkylation sites (tertiary alicyclic amines) is 1.